The Balaban J connectivity index is 1.80. The second-order valence-corrected chi connectivity index (χ2v) is 6.16. The van der Waals surface area contributed by atoms with Crippen molar-refractivity contribution in [3.8, 4) is 0 Å². The summed E-state index contributed by atoms with van der Waals surface area (Å²) in [5, 5.41) is 4.92. The van der Waals surface area contributed by atoms with Crippen molar-refractivity contribution in [2.45, 2.75) is 39.8 Å². The zero-order valence-electron chi connectivity index (χ0n) is 14.3. The van der Waals surface area contributed by atoms with Crippen molar-refractivity contribution in [2.24, 2.45) is 21.5 Å². The van der Waals surface area contributed by atoms with Crippen molar-refractivity contribution in [2.75, 3.05) is 18.5 Å². The van der Waals surface area contributed by atoms with Crippen LogP contribution >= 0.6 is 0 Å². The maximum Gasteiger partial charge on any atom is 0.226 e. The fourth-order valence-electron chi connectivity index (χ4n) is 2.40. The fourth-order valence-corrected chi connectivity index (χ4v) is 2.40. The number of hydrogen-bond acceptors (Lipinski definition) is 7. The summed E-state index contributed by atoms with van der Waals surface area (Å²) in [6.45, 7) is 9.23. The standard InChI is InChI=1S/C16H26N6O/c1-11-6-7-12(2)13(10-11)19-8-5-9-23-22-15(18)20-14(17)21-16(22,3)4/h6-7,10,19H,5,8-9H2,1-4H3,(H4,17,18,20,21). The first-order valence-electron chi connectivity index (χ1n) is 7.73. The Bertz CT molecular complexity index is 623. The minimum absolute atomic E-state index is 0.170. The number of nitrogens with two attached hydrogens (primary N) is 2. The van der Waals surface area contributed by atoms with Crippen molar-refractivity contribution in [1.82, 2.24) is 5.06 Å². The summed E-state index contributed by atoms with van der Waals surface area (Å²) in [5.41, 5.74) is 14.5. The molecule has 1 aromatic carbocycles. The lowest BCUT2D eigenvalue weighted by Crippen LogP contribution is -2.53. The van der Waals surface area contributed by atoms with E-state index in [1.807, 2.05) is 13.8 Å². The monoisotopic (exact) mass is 318 g/mol. The average Bonchev–Trinajstić information content (AvgIpc) is 2.43. The highest BCUT2D eigenvalue weighted by molar-refractivity contribution is 5.95. The van der Waals surface area contributed by atoms with Gasteiger partial charge >= 0.3 is 0 Å². The molecule has 0 aliphatic carbocycles. The average molecular weight is 318 g/mol. The van der Waals surface area contributed by atoms with E-state index in [9.17, 15) is 0 Å². The first kappa shape index (κ1) is 17.1. The van der Waals surface area contributed by atoms with E-state index in [-0.39, 0.29) is 11.9 Å². The third-order valence-electron chi connectivity index (χ3n) is 3.57. The van der Waals surface area contributed by atoms with E-state index in [4.69, 9.17) is 16.3 Å². The summed E-state index contributed by atoms with van der Waals surface area (Å²) in [6, 6.07) is 6.37. The van der Waals surface area contributed by atoms with Gasteiger partial charge in [-0.2, -0.15) is 10.1 Å². The molecule has 1 aliphatic rings. The highest BCUT2D eigenvalue weighted by Gasteiger charge is 2.32. The maximum absolute atomic E-state index is 5.86. The Morgan fingerprint density at radius 2 is 2.00 bits per heavy atom. The molecule has 0 fully saturated rings. The second kappa shape index (κ2) is 6.87. The zero-order chi connectivity index (χ0) is 17.0. The number of hydroxylamine groups is 2. The van der Waals surface area contributed by atoms with Crippen molar-refractivity contribution in [3.63, 3.8) is 0 Å². The number of aliphatic imine (C=N–C) groups is 2. The molecular weight excluding hydrogens is 292 g/mol. The van der Waals surface area contributed by atoms with Crippen molar-refractivity contribution >= 4 is 17.6 Å². The van der Waals surface area contributed by atoms with Gasteiger partial charge in [-0.3, -0.25) is 4.84 Å². The fraction of sp³-hybridized carbons (Fsp3) is 0.500. The molecule has 23 heavy (non-hydrogen) atoms. The number of rotatable bonds is 6. The van der Waals surface area contributed by atoms with Gasteiger partial charge in [0.05, 0.1) is 6.61 Å². The summed E-state index contributed by atoms with van der Waals surface area (Å²) in [7, 11) is 0. The van der Waals surface area contributed by atoms with E-state index in [1.165, 1.54) is 16.2 Å². The molecule has 5 N–H and O–H groups in total. The van der Waals surface area contributed by atoms with Gasteiger partial charge in [0.1, 0.15) is 0 Å². The van der Waals surface area contributed by atoms with Crippen LogP contribution in [-0.4, -0.2) is 35.8 Å². The lowest BCUT2D eigenvalue weighted by molar-refractivity contribution is -0.156. The molecule has 126 valence electrons. The highest BCUT2D eigenvalue weighted by Crippen LogP contribution is 2.20. The van der Waals surface area contributed by atoms with Crippen LogP contribution in [0, 0.1) is 13.8 Å². The molecule has 1 aliphatic heterocycles. The maximum atomic E-state index is 5.86. The third kappa shape index (κ3) is 4.35. The van der Waals surface area contributed by atoms with Gasteiger partial charge in [0.2, 0.25) is 11.9 Å². The van der Waals surface area contributed by atoms with E-state index < -0.39 is 5.66 Å². The van der Waals surface area contributed by atoms with Crippen LogP contribution in [0.15, 0.2) is 28.2 Å². The molecule has 7 nitrogen and oxygen atoms in total. The predicted octanol–water partition coefficient (Wildman–Crippen LogP) is 1.72. The SMILES string of the molecule is Cc1ccc(C)c(NCCCON2C(N)=NC(N)=NC2(C)C)c1. The zero-order valence-corrected chi connectivity index (χ0v) is 14.3. The van der Waals surface area contributed by atoms with Crippen LogP contribution in [0.1, 0.15) is 31.4 Å². The van der Waals surface area contributed by atoms with E-state index in [2.05, 4.69) is 47.3 Å². The molecular formula is C16H26N6O. The smallest absolute Gasteiger partial charge is 0.226 e. The largest absolute Gasteiger partial charge is 0.385 e. The molecule has 2 rings (SSSR count). The highest BCUT2D eigenvalue weighted by atomic mass is 16.7. The Morgan fingerprint density at radius 3 is 2.70 bits per heavy atom. The number of aryl methyl sites for hydroxylation is 2. The number of hydrogen-bond donors (Lipinski definition) is 3. The van der Waals surface area contributed by atoms with Crippen LogP contribution in [0.4, 0.5) is 5.69 Å². The van der Waals surface area contributed by atoms with Gasteiger partial charge in [-0.15, -0.1) is 0 Å². The van der Waals surface area contributed by atoms with Crippen LogP contribution in [0.25, 0.3) is 0 Å². The number of anilines is 1. The molecule has 0 radical (unpaired) electrons. The van der Waals surface area contributed by atoms with Crippen molar-refractivity contribution < 1.29 is 4.84 Å². The summed E-state index contributed by atoms with van der Waals surface area (Å²) in [6.07, 6.45) is 0.826. The van der Waals surface area contributed by atoms with Gasteiger partial charge < -0.3 is 16.8 Å². The molecule has 0 unspecified atom stereocenters. The van der Waals surface area contributed by atoms with E-state index >= 15 is 0 Å². The molecule has 1 heterocycles. The van der Waals surface area contributed by atoms with E-state index in [1.54, 1.807) is 0 Å². The van der Waals surface area contributed by atoms with Crippen molar-refractivity contribution in [1.29, 1.82) is 0 Å². The van der Waals surface area contributed by atoms with E-state index in [0.717, 1.165) is 18.7 Å². The van der Waals surface area contributed by atoms with Crippen molar-refractivity contribution in [3.05, 3.63) is 29.3 Å². The lowest BCUT2D eigenvalue weighted by Gasteiger charge is -2.36. The number of guanidine groups is 2. The Morgan fingerprint density at radius 1 is 1.26 bits per heavy atom. The Kier molecular flexibility index (Phi) is 5.10. The first-order valence-corrected chi connectivity index (χ1v) is 7.73. The van der Waals surface area contributed by atoms with Gasteiger partial charge in [-0.25, -0.2) is 4.99 Å². The van der Waals surface area contributed by atoms with Crippen LogP contribution < -0.4 is 16.8 Å². The second-order valence-electron chi connectivity index (χ2n) is 6.16. The molecule has 0 atom stereocenters. The van der Waals surface area contributed by atoms with Crippen LogP contribution in [-0.2, 0) is 4.84 Å². The molecule has 0 bridgehead atoms. The van der Waals surface area contributed by atoms with Gasteiger partial charge in [0.15, 0.2) is 5.66 Å². The summed E-state index contributed by atoms with van der Waals surface area (Å²) < 4.78 is 0. The van der Waals surface area contributed by atoms with Gasteiger partial charge in [-0.1, -0.05) is 12.1 Å². The molecule has 0 aromatic heterocycles. The molecule has 7 heteroatoms. The van der Waals surface area contributed by atoms with Crippen LogP contribution in [0.5, 0.6) is 0 Å². The lowest BCUT2D eigenvalue weighted by atomic mass is 10.1. The van der Waals surface area contributed by atoms with Crippen LogP contribution in [0.3, 0.4) is 0 Å². The minimum Gasteiger partial charge on any atom is -0.385 e. The minimum atomic E-state index is -0.656. The normalized spacial score (nSPS) is 16.8. The molecule has 0 spiro atoms. The third-order valence-corrected chi connectivity index (χ3v) is 3.57. The Hall–Kier alpha value is -2.28. The first-order chi connectivity index (χ1) is 10.8. The molecule has 0 saturated carbocycles. The Labute approximate surface area is 137 Å². The number of nitrogens with one attached hydrogen (secondary N) is 1. The van der Waals surface area contributed by atoms with Crippen LogP contribution in [0.2, 0.25) is 0 Å². The summed E-state index contributed by atoms with van der Waals surface area (Å²) in [4.78, 5) is 13.9. The quantitative estimate of drug-likeness (QED) is 0.693. The molecule has 0 saturated heterocycles. The van der Waals surface area contributed by atoms with Gasteiger partial charge in [0.25, 0.3) is 0 Å². The summed E-state index contributed by atoms with van der Waals surface area (Å²) in [5.74, 6) is 0.397. The topological polar surface area (TPSA) is 101 Å². The van der Waals surface area contributed by atoms with Gasteiger partial charge in [0, 0.05) is 12.2 Å². The molecule has 1 aromatic rings. The summed E-state index contributed by atoms with van der Waals surface area (Å²) >= 11 is 0. The number of nitrogens with zero attached hydrogens (tertiary/aromatic N) is 3. The predicted molar refractivity (Wildman–Crippen MR) is 94.1 cm³/mol. The number of benzene rings is 1. The molecule has 0 amide bonds. The van der Waals surface area contributed by atoms with Gasteiger partial charge in [-0.05, 0) is 51.3 Å². The van der Waals surface area contributed by atoms with E-state index in [0.29, 0.717) is 6.61 Å².